The number of aliphatic imine (C=N–C) groups is 1. The van der Waals surface area contributed by atoms with E-state index in [2.05, 4.69) is 16.6 Å². The number of rotatable bonds is 1. The molecule has 0 aromatic carbocycles. The summed E-state index contributed by atoms with van der Waals surface area (Å²) in [7, 11) is 0. The summed E-state index contributed by atoms with van der Waals surface area (Å²) < 4.78 is 0. The van der Waals surface area contributed by atoms with Crippen LogP contribution in [0.4, 0.5) is 0 Å². The lowest BCUT2D eigenvalue weighted by molar-refractivity contribution is 0.395. The largest absolute Gasteiger partial charge is 0.267 e. The molecule has 0 aromatic heterocycles. The van der Waals surface area contributed by atoms with Crippen LogP contribution in [0.2, 0.25) is 0 Å². The van der Waals surface area contributed by atoms with Gasteiger partial charge < -0.3 is 0 Å². The maximum Gasteiger partial charge on any atom is 0.0470 e. The van der Waals surface area contributed by atoms with Gasteiger partial charge in [0.2, 0.25) is 0 Å². The van der Waals surface area contributed by atoms with Gasteiger partial charge in [-0.1, -0.05) is 32.1 Å². The Morgan fingerprint density at radius 1 is 1.00 bits per heavy atom. The van der Waals surface area contributed by atoms with Gasteiger partial charge in [-0.3, -0.25) is 4.99 Å². The van der Waals surface area contributed by atoms with E-state index in [-0.39, 0.29) is 0 Å². The Morgan fingerprint density at radius 3 is 2.36 bits per heavy atom. The van der Waals surface area contributed by atoms with E-state index in [1.54, 1.807) is 0 Å². The Labute approximate surface area is 91.1 Å². The van der Waals surface area contributed by atoms with E-state index in [0.29, 0.717) is 5.25 Å². The fourth-order valence-corrected chi connectivity index (χ4v) is 3.34. The zero-order valence-corrected chi connectivity index (χ0v) is 9.51. The zero-order valence-electron chi connectivity index (χ0n) is 8.69. The molecule has 1 saturated carbocycles. The molecule has 0 aromatic rings. The number of hydrogen-bond donors (Lipinski definition) is 0. The summed E-state index contributed by atoms with van der Waals surface area (Å²) in [5, 5.41) is 2.81. The van der Waals surface area contributed by atoms with Gasteiger partial charge in [0.25, 0.3) is 0 Å². The minimum absolute atomic E-state index is 0.665. The van der Waals surface area contributed by atoms with Gasteiger partial charge >= 0.3 is 0 Å². The highest BCUT2D eigenvalue weighted by Gasteiger charge is 2.21. The lowest BCUT2D eigenvalue weighted by Crippen LogP contribution is -2.20. The molecule has 14 heavy (non-hydrogen) atoms. The van der Waals surface area contributed by atoms with Gasteiger partial charge in [-0.25, -0.2) is 0 Å². The summed E-state index contributed by atoms with van der Waals surface area (Å²) >= 11 is 1.96. The van der Waals surface area contributed by atoms with Crippen LogP contribution in [-0.2, 0) is 0 Å². The van der Waals surface area contributed by atoms with Gasteiger partial charge in [-0.2, -0.15) is 0 Å². The first-order chi connectivity index (χ1) is 6.97. The van der Waals surface area contributed by atoms with Gasteiger partial charge in [0, 0.05) is 17.7 Å². The van der Waals surface area contributed by atoms with Crippen molar-refractivity contribution < 1.29 is 0 Å². The maximum absolute atomic E-state index is 4.26. The van der Waals surface area contributed by atoms with Crippen molar-refractivity contribution in [3.63, 3.8) is 0 Å². The van der Waals surface area contributed by atoms with Crippen LogP contribution in [0.15, 0.2) is 16.6 Å². The third-order valence-corrected chi connectivity index (χ3v) is 4.33. The molecule has 1 aliphatic carbocycles. The molecule has 2 heteroatoms. The molecule has 0 bridgehead atoms. The highest BCUT2D eigenvalue weighted by atomic mass is 32.2. The van der Waals surface area contributed by atoms with E-state index < -0.39 is 0 Å². The van der Waals surface area contributed by atoms with Crippen molar-refractivity contribution >= 4 is 18.0 Å². The molecule has 1 heterocycles. The van der Waals surface area contributed by atoms with E-state index in [4.69, 9.17) is 0 Å². The number of thioether (sulfide) groups is 1. The van der Waals surface area contributed by atoms with Crippen molar-refractivity contribution in [2.24, 2.45) is 10.9 Å². The third-order valence-electron chi connectivity index (χ3n) is 3.23. The standard InChI is InChI=1S/C12H19NS/c1-2-4-6-11(7-5-3-1)12-10-13-8-9-14-12/h8-12H,1-7H2. The van der Waals surface area contributed by atoms with E-state index in [1.165, 1.54) is 44.9 Å². The summed E-state index contributed by atoms with van der Waals surface area (Å²) in [5.74, 6) is 0.883. The molecule has 78 valence electrons. The Hall–Kier alpha value is -0.240. The molecular formula is C12H19NS. The Morgan fingerprint density at radius 2 is 1.71 bits per heavy atom. The second kappa shape index (κ2) is 5.59. The van der Waals surface area contributed by atoms with Crippen LogP contribution < -0.4 is 0 Å². The van der Waals surface area contributed by atoms with Crippen molar-refractivity contribution in [3.05, 3.63) is 11.6 Å². The molecule has 0 saturated heterocycles. The predicted molar refractivity (Wildman–Crippen MR) is 64.8 cm³/mol. The van der Waals surface area contributed by atoms with Gasteiger partial charge in [0.05, 0.1) is 0 Å². The Kier molecular flexibility index (Phi) is 4.11. The fourth-order valence-electron chi connectivity index (χ4n) is 2.38. The molecule has 1 atom stereocenters. The lowest BCUT2D eigenvalue weighted by Gasteiger charge is -2.25. The molecule has 1 nitrogen and oxygen atoms in total. The van der Waals surface area contributed by atoms with Gasteiger partial charge in [0.1, 0.15) is 0 Å². The monoisotopic (exact) mass is 209 g/mol. The van der Waals surface area contributed by atoms with E-state index in [1.807, 2.05) is 18.0 Å². The molecule has 2 aliphatic rings. The first kappa shape index (κ1) is 10.3. The Balaban J connectivity index is 1.87. The minimum Gasteiger partial charge on any atom is -0.267 e. The summed E-state index contributed by atoms with van der Waals surface area (Å²) in [5.41, 5.74) is 0. The average molecular weight is 209 g/mol. The summed E-state index contributed by atoms with van der Waals surface area (Å²) in [6.45, 7) is 0. The number of hydrogen-bond acceptors (Lipinski definition) is 2. The summed E-state index contributed by atoms with van der Waals surface area (Å²) in [6.07, 6.45) is 14.1. The van der Waals surface area contributed by atoms with Crippen LogP contribution in [0.25, 0.3) is 0 Å². The van der Waals surface area contributed by atoms with E-state index >= 15 is 0 Å². The molecule has 0 radical (unpaired) electrons. The van der Waals surface area contributed by atoms with Crippen molar-refractivity contribution in [1.82, 2.24) is 0 Å². The molecule has 2 rings (SSSR count). The quantitative estimate of drug-likeness (QED) is 0.635. The maximum atomic E-state index is 4.26. The minimum atomic E-state index is 0.665. The van der Waals surface area contributed by atoms with Crippen LogP contribution in [-0.4, -0.2) is 11.5 Å². The van der Waals surface area contributed by atoms with Gasteiger partial charge in [0.15, 0.2) is 0 Å². The summed E-state index contributed by atoms with van der Waals surface area (Å²) in [6, 6.07) is 0. The molecule has 0 N–H and O–H groups in total. The van der Waals surface area contributed by atoms with Crippen LogP contribution in [0, 0.1) is 5.92 Å². The third kappa shape index (κ3) is 2.88. The lowest BCUT2D eigenvalue weighted by atomic mass is 9.89. The highest BCUT2D eigenvalue weighted by Crippen LogP contribution is 2.31. The molecule has 1 unspecified atom stereocenters. The normalized spacial score (nSPS) is 29.9. The van der Waals surface area contributed by atoms with Crippen LogP contribution in [0.5, 0.6) is 0 Å². The first-order valence-corrected chi connectivity index (χ1v) is 6.75. The van der Waals surface area contributed by atoms with Crippen LogP contribution >= 0.6 is 11.8 Å². The average Bonchev–Trinajstić information content (AvgIpc) is 2.18. The second-order valence-corrected chi connectivity index (χ2v) is 5.38. The molecule has 0 spiro atoms. The molecule has 1 fully saturated rings. The van der Waals surface area contributed by atoms with Crippen molar-refractivity contribution in [2.45, 2.75) is 50.2 Å². The van der Waals surface area contributed by atoms with Crippen LogP contribution in [0.3, 0.4) is 0 Å². The summed E-state index contributed by atoms with van der Waals surface area (Å²) in [4.78, 5) is 4.26. The van der Waals surface area contributed by atoms with Crippen molar-refractivity contribution in [1.29, 1.82) is 0 Å². The smallest absolute Gasteiger partial charge is 0.0470 e. The van der Waals surface area contributed by atoms with Crippen LogP contribution in [0.1, 0.15) is 44.9 Å². The van der Waals surface area contributed by atoms with Gasteiger partial charge in [-0.15, -0.1) is 11.8 Å². The first-order valence-electron chi connectivity index (χ1n) is 5.80. The van der Waals surface area contributed by atoms with E-state index in [0.717, 1.165) is 5.92 Å². The number of nitrogens with zero attached hydrogens (tertiary/aromatic N) is 1. The topological polar surface area (TPSA) is 12.4 Å². The fraction of sp³-hybridized carbons (Fsp3) is 0.750. The van der Waals surface area contributed by atoms with Crippen molar-refractivity contribution in [2.75, 3.05) is 0 Å². The molecular weight excluding hydrogens is 190 g/mol. The SMILES string of the molecule is C1=CSC(C2CCCCCCC2)C=N1. The predicted octanol–water partition coefficient (Wildman–Crippen LogP) is 4.00. The highest BCUT2D eigenvalue weighted by molar-refractivity contribution is 8.03. The zero-order chi connectivity index (χ0) is 9.64. The van der Waals surface area contributed by atoms with E-state index in [9.17, 15) is 0 Å². The molecule has 0 amide bonds. The van der Waals surface area contributed by atoms with Crippen molar-refractivity contribution in [3.8, 4) is 0 Å². The molecule has 1 aliphatic heterocycles. The van der Waals surface area contributed by atoms with Gasteiger partial charge in [-0.05, 0) is 24.2 Å². The Bertz CT molecular complexity index is 214. The second-order valence-electron chi connectivity index (χ2n) is 4.29.